The largest absolute Gasteiger partial charge is 0.481 e. The van der Waals surface area contributed by atoms with Gasteiger partial charge in [0.05, 0.1) is 5.92 Å². The molecular weight excluding hydrogens is 324 g/mol. The number of hydrogen-bond acceptors (Lipinski definition) is 3. The Bertz CT molecular complexity index is 490. The van der Waals surface area contributed by atoms with E-state index in [4.69, 9.17) is 0 Å². The summed E-state index contributed by atoms with van der Waals surface area (Å²) in [7, 11) is 0. The fourth-order valence-electron chi connectivity index (χ4n) is 2.53. The van der Waals surface area contributed by atoms with Gasteiger partial charge in [0.15, 0.2) is 0 Å². The summed E-state index contributed by atoms with van der Waals surface area (Å²) < 4.78 is 0.798. The molecule has 1 aliphatic rings. The van der Waals surface area contributed by atoms with Crippen molar-refractivity contribution in [2.75, 3.05) is 0 Å². The fraction of sp³-hybridized carbons (Fsp3) is 0.500. The molecule has 0 bridgehead atoms. The van der Waals surface area contributed by atoms with Crippen LogP contribution in [-0.4, -0.2) is 28.0 Å². The van der Waals surface area contributed by atoms with Crippen molar-refractivity contribution in [2.24, 2.45) is 5.92 Å². The van der Waals surface area contributed by atoms with Crippen molar-refractivity contribution in [2.45, 2.75) is 38.1 Å². The van der Waals surface area contributed by atoms with Crippen LogP contribution in [0, 0.1) is 5.92 Å². The molecule has 2 N–H and O–H groups in total. The highest BCUT2D eigenvalue weighted by Crippen LogP contribution is 2.24. The molecule has 1 fully saturated rings. The number of aromatic nitrogens is 1. The molecule has 0 spiro atoms. The molecule has 6 heteroatoms. The highest BCUT2D eigenvalue weighted by molar-refractivity contribution is 9.10. The minimum Gasteiger partial charge on any atom is -0.481 e. The van der Waals surface area contributed by atoms with Crippen LogP contribution >= 0.6 is 15.9 Å². The number of nitrogens with zero attached hydrogens (tertiary/aromatic N) is 1. The van der Waals surface area contributed by atoms with Crippen molar-refractivity contribution in [1.82, 2.24) is 10.3 Å². The molecule has 108 valence electrons. The zero-order valence-corrected chi connectivity index (χ0v) is 12.6. The zero-order chi connectivity index (χ0) is 14.5. The van der Waals surface area contributed by atoms with Crippen molar-refractivity contribution in [3.63, 3.8) is 0 Å². The SMILES string of the molecule is O=C(N[C@H]1CCCCC[C@H]1C(=O)O)c1ccc(Br)cn1. The van der Waals surface area contributed by atoms with E-state index in [1.807, 2.05) is 0 Å². The van der Waals surface area contributed by atoms with Gasteiger partial charge in [-0.3, -0.25) is 9.59 Å². The van der Waals surface area contributed by atoms with Gasteiger partial charge in [0.1, 0.15) is 5.69 Å². The van der Waals surface area contributed by atoms with E-state index >= 15 is 0 Å². The number of aliphatic carboxylic acids is 1. The van der Waals surface area contributed by atoms with Gasteiger partial charge in [-0.2, -0.15) is 0 Å². The maximum absolute atomic E-state index is 12.1. The molecule has 1 aromatic rings. The third kappa shape index (κ3) is 3.79. The van der Waals surface area contributed by atoms with Gasteiger partial charge in [-0.25, -0.2) is 4.98 Å². The van der Waals surface area contributed by atoms with Crippen molar-refractivity contribution >= 4 is 27.8 Å². The van der Waals surface area contributed by atoms with E-state index in [1.165, 1.54) is 0 Å². The number of rotatable bonds is 3. The van der Waals surface area contributed by atoms with Crippen LogP contribution in [0.1, 0.15) is 42.6 Å². The van der Waals surface area contributed by atoms with E-state index in [0.717, 1.165) is 23.7 Å². The fourth-order valence-corrected chi connectivity index (χ4v) is 2.76. The Kier molecular flexibility index (Phi) is 5.11. The lowest BCUT2D eigenvalue weighted by atomic mass is 9.95. The molecule has 1 aliphatic carbocycles. The van der Waals surface area contributed by atoms with E-state index in [9.17, 15) is 14.7 Å². The van der Waals surface area contributed by atoms with Gasteiger partial charge in [-0.05, 0) is 40.9 Å². The average molecular weight is 341 g/mol. The molecule has 0 aromatic carbocycles. The summed E-state index contributed by atoms with van der Waals surface area (Å²) >= 11 is 3.26. The molecule has 0 aliphatic heterocycles. The van der Waals surface area contributed by atoms with Crippen LogP contribution in [0.15, 0.2) is 22.8 Å². The number of nitrogens with one attached hydrogen (secondary N) is 1. The Morgan fingerprint density at radius 1 is 1.25 bits per heavy atom. The smallest absolute Gasteiger partial charge is 0.308 e. The predicted molar refractivity (Wildman–Crippen MR) is 77.4 cm³/mol. The number of carboxylic acid groups (broad SMARTS) is 1. The number of amides is 1. The lowest BCUT2D eigenvalue weighted by Gasteiger charge is -2.22. The number of hydrogen-bond donors (Lipinski definition) is 2. The van der Waals surface area contributed by atoms with E-state index in [-0.39, 0.29) is 11.9 Å². The highest BCUT2D eigenvalue weighted by Gasteiger charge is 2.30. The summed E-state index contributed by atoms with van der Waals surface area (Å²) in [5, 5.41) is 12.1. The molecule has 1 heterocycles. The minimum absolute atomic E-state index is 0.307. The second kappa shape index (κ2) is 6.83. The second-order valence-corrected chi connectivity index (χ2v) is 5.94. The first kappa shape index (κ1) is 15.0. The maximum Gasteiger partial charge on any atom is 0.308 e. The van der Waals surface area contributed by atoms with Crippen molar-refractivity contribution in [3.8, 4) is 0 Å². The van der Waals surface area contributed by atoms with Crippen LogP contribution in [0.4, 0.5) is 0 Å². The Morgan fingerprint density at radius 3 is 2.65 bits per heavy atom. The number of carbonyl (C=O) groups excluding carboxylic acids is 1. The van der Waals surface area contributed by atoms with Gasteiger partial charge in [0.2, 0.25) is 0 Å². The average Bonchev–Trinajstić information content (AvgIpc) is 2.65. The van der Waals surface area contributed by atoms with Crippen molar-refractivity contribution < 1.29 is 14.7 Å². The van der Waals surface area contributed by atoms with E-state index < -0.39 is 11.9 Å². The van der Waals surface area contributed by atoms with Crippen LogP contribution < -0.4 is 5.32 Å². The normalized spacial score (nSPS) is 22.9. The lowest BCUT2D eigenvalue weighted by molar-refractivity contribution is -0.142. The third-order valence-electron chi connectivity index (χ3n) is 3.61. The van der Waals surface area contributed by atoms with E-state index in [1.54, 1.807) is 18.3 Å². The summed E-state index contributed by atoms with van der Waals surface area (Å²) in [5.74, 6) is -1.64. The number of pyridine rings is 1. The summed E-state index contributed by atoms with van der Waals surface area (Å²) in [6, 6.07) is 3.04. The molecule has 1 aromatic heterocycles. The quantitative estimate of drug-likeness (QED) is 0.829. The molecule has 0 radical (unpaired) electrons. The molecule has 2 rings (SSSR count). The molecule has 20 heavy (non-hydrogen) atoms. The summed E-state index contributed by atoms with van der Waals surface area (Å²) in [6.07, 6.45) is 5.75. The first-order valence-electron chi connectivity index (χ1n) is 6.73. The zero-order valence-electron chi connectivity index (χ0n) is 11.0. The van der Waals surface area contributed by atoms with E-state index in [0.29, 0.717) is 18.5 Å². The Balaban J connectivity index is 2.07. The number of carbonyl (C=O) groups is 2. The van der Waals surface area contributed by atoms with Gasteiger partial charge in [0, 0.05) is 16.7 Å². The predicted octanol–water partition coefficient (Wildman–Crippen LogP) is 2.61. The molecule has 2 atom stereocenters. The number of carboxylic acids is 1. The van der Waals surface area contributed by atoms with Gasteiger partial charge in [0.25, 0.3) is 5.91 Å². The molecule has 5 nitrogen and oxygen atoms in total. The monoisotopic (exact) mass is 340 g/mol. The first-order chi connectivity index (χ1) is 9.58. The van der Waals surface area contributed by atoms with Gasteiger partial charge in [-0.1, -0.05) is 19.3 Å². The topological polar surface area (TPSA) is 79.3 Å². The van der Waals surface area contributed by atoms with Crippen LogP contribution in [-0.2, 0) is 4.79 Å². The summed E-state index contributed by atoms with van der Waals surface area (Å²) in [6.45, 7) is 0. The standard InChI is InChI=1S/C14H17BrN2O3/c15-9-6-7-12(16-8-9)13(18)17-11-5-3-1-2-4-10(11)14(19)20/h6-8,10-11H,1-5H2,(H,17,18)(H,19,20)/t10-,11+/m1/s1. The van der Waals surface area contributed by atoms with Gasteiger partial charge < -0.3 is 10.4 Å². The van der Waals surface area contributed by atoms with E-state index in [2.05, 4.69) is 26.2 Å². The van der Waals surface area contributed by atoms with Crippen molar-refractivity contribution in [1.29, 1.82) is 0 Å². The lowest BCUT2D eigenvalue weighted by Crippen LogP contribution is -2.43. The van der Waals surface area contributed by atoms with Crippen molar-refractivity contribution in [3.05, 3.63) is 28.5 Å². The Hall–Kier alpha value is -1.43. The molecule has 0 saturated heterocycles. The Labute approximate surface area is 125 Å². The van der Waals surface area contributed by atoms with Gasteiger partial charge >= 0.3 is 5.97 Å². The van der Waals surface area contributed by atoms with Crippen LogP contribution in [0.2, 0.25) is 0 Å². The molecular formula is C14H17BrN2O3. The first-order valence-corrected chi connectivity index (χ1v) is 7.52. The molecule has 1 amide bonds. The highest BCUT2D eigenvalue weighted by atomic mass is 79.9. The summed E-state index contributed by atoms with van der Waals surface area (Å²) in [5.41, 5.74) is 0.307. The maximum atomic E-state index is 12.1. The molecule has 0 unspecified atom stereocenters. The second-order valence-electron chi connectivity index (χ2n) is 5.02. The van der Waals surface area contributed by atoms with Crippen LogP contribution in [0.3, 0.4) is 0 Å². The van der Waals surface area contributed by atoms with Crippen LogP contribution in [0.25, 0.3) is 0 Å². The third-order valence-corrected chi connectivity index (χ3v) is 4.08. The number of halogens is 1. The van der Waals surface area contributed by atoms with Crippen LogP contribution in [0.5, 0.6) is 0 Å². The Morgan fingerprint density at radius 2 is 2.00 bits per heavy atom. The van der Waals surface area contributed by atoms with Gasteiger partial charge in [-0.15, -0.1) is 0 Å². The summed E-state index contributed by atoms with van der Waals surface area (Å²) in [4.78, 5) is 27.5. The minimum atomic E-state index is -0.832. The molecule has 1 saturated carbocycles.